The van der Waals surface area contributed by atoms with Gasteiger partial charge in [0.2, 0.25) is 0 Å². The largest absolute Gasteiger partial charge is 0.329 e. The van der Waals surface area contributed by atoms with Crippen LogP contribution in [0.3, 0.4) is 0 Å². The van der Waals surface area contributed by atoms with Crippen molar-refractivity contribution in [1.82, 2.24) is 5.43 Å². The van der Waals surface area contributed by atoms with E-state index in [0.717, 1.165) is 13.0 Å². The summed E-state index contributed by atoms with van der Waals surface area (Å²) in [6, 6.07) is 0. The second-order valence-corrected chi connectivity index (χ2v) is 4.71. The summed E-state index contributed by atoms with van der Waals surface area (Å²) in [6.07, 6.45) is 5.82. The summed E-state index contributed by atoms with van der Waals surface area (Å²) >= 11 is 0. The molecule has 0 aromatic heterocycles. The Balaban J connectivity index is 2.81. The first kappa shape index (κ1) is 12.2. The van der Waals surface area contributed by atoms with Gasteiger partial charge in [-0.05, 0) is 31.8 Å². The van der Waals surface area contributed by atoms with Crippen molar-refractivity contribution in [3.05, 3.63) is 11.6 Å². The Kier molecular flexibility index (Phi) is 4.33. The first-order chi connectivity index (χ1) is 7.11. The number of hydrogen-bond donors (Lipinski definition) is 2. The molecule has 0 aliphatic heterocycles. The Morgan fingerprint density at radius 2 is 2.27 bits per heavy atom. The van der Waals surface area contributed by atoms with Gasteiger partial charge in [-0.25, -0.2) is 0 Å². The molecule has 0 aromatic carbocycles. The van der Waals surface area contributed by atoms with E-state index >= 15 is 0 Å². The lowest BCUT2D eigenvalue weighted by Gasteiger charge is -2.33. The van der Waals surface area contributed by atoms with Crippen molar-refractivity contribution < 1.29 is 0 Å². The molecule has 0 bridgehead atoms. The third-order valence-corrected chi connectivity index (χ3v) is 2.99. The smallest absolute Gasteiger partial charge is 0.0687 e. The zero-order valence-corrected chi connectivity index (χ0v) is 10.1. The molecule has 1 rings (SSSR count). The highest BCUT2D eigenvalue weighted by molar-refractivity contribution is 6.04. The van der Waals surface area contributed by atoms with E-state index in [1.165, 1.54) is 24.1 Å². The van der Waals surface area contributed by atoms with Crippen LogP contribution in [0.15, 0.2) is 16.8 Å². The first-order valence-electron chi connectivity index (χ1n) is 5.78. The van der Waals surface area contributed by atoms with E-state index in [9.17, 15) is 0 Å². The van der Waals surface area contributed by atoms with Crippen molar-refractivity contribution in [3.63, 3.8) is 0 Å². The van der Waals surface area contributed by atoms with Gasteiger partial charge in [-0.3, -0.25) is 0 Å². The summed E-state index contributed by atoms with van der Waals surface area (Å²) in [4.78, 5) is 0. The van der Waals surface area contributed by atoms with Crippen LogP contribution in [-0.4, -0.2) is 18.8 Å². The normalized spacial score (nSPS) is 25.9. The minimum Gasteiger partial charge on any atom is -0.329 e. The molecule has 3 heteroatoms. The minimum atomic E-state index is 0.196. The topological polar surface area (TPSA) is 50.4 Å². The maximum atomic E-state index is 5.43. The number of nitrogens with one attached hydrogen (secondary N) is 1. The van der Waals surface area contributed by atoms with Crippen LogP contribution in [0.25, 0.3) is 0 Å². The Bertz CT molecular complexity index is 264. The third kappa shape index (κ3) is 3.06. The molecule has 3 N–H and O–H groups in total. The van der Waals surface area contributed by atoms with E-state index in [4.69, 9.17) is 5.73 Å². The molecule has 0 radical (unpaired) electrons. The van der Waals surface area contributed by atoms with E-state index < -0.39 is 0 Å². The fraction of sp³-hybridized carbons (Fsp3) is 0.750. The summed E-state index contributed by atoms with van der Waals surface area (Å²) in [6.45, 7) is 7.99. The Hall–Kier alpha value is -0.830. The van der Waals surface area contributed by atoms with Crippen molar-refractivity contribution in [3.8, 4) is 0 Å². The van der Waals surface area contributed by atoms with Gasteiger partial charge in [0.15, 0.2) is 0 Å². The number of allylic oxidation sites excluding steroid dienone is 2. The molecule has 3 nitrogen and oxygen atoms in total. The molecule has 0 atom stereocenters. The number of rotatable bonds is 3. The number of nitrogens with zero attached hydrogens (tertiary/aromatic N) is 1. The van der Waals surface area contributed by atoms with Gasteiger partial charge in [-0.1, -0.05) is 19.9 Å². The molecule has 0 saturated heterocycles. The standard InChI is InChI=1S/C12H23N3/c1-4-10-6-5-7-12(2,3)11(10)15-14-9-8-13/h4,14H,5-9,13H2,1-3H3/b10-4+,15-11+. The summed E-state index contributed by atoms with van der Waals surface area (Å²) < 4.78 is 0. The molecule has 86 valence electrons. The van der Waals surface area contributed by atoms with Crippen molar-refractivity contribution in [2.45, 2.75) is 40.0 Å². The van der Waals surface area contributed by atoms with E-state index in [2.05, 4.69) is 37.4 Å². The van der Waals surface area contributed by atoms with Gasteiger partial charge in [0.05, 0.1) is 5.71 Å². The van der Waals surface area contributed by atoms with Crippen molar-refractivity contribution in [1.29, 1.82) is 0 Å². The molecule has 0 spiro atoms. The van der Waals surface area contributed by atoms with Crippen LogP contribution in [-0.2, 0) is 0 Å². The molecule has 1 aliphatic rings. The van der Waals surface area contributed by atoms with Crippen LogP contribution >= 0.6 is 0 Å². The highest BCUT2D eigenvalue weighted by Crippen LogP contribution is 2.35. The van der Waals surface area contributed by atoms with Crippen molar-refractivity contribution >= 4 is 5.71 Å². The predicted molar refractivity (Wildman–Crippen MR) is 65.9 cm³/mol. The predicted octanol–water partition coefficient (Wildman–Crippen LogP) is 2.05. The monoisotopic (exact) mass is 209 g/mol. The Labute approximate surface area is 92.8 Å². The zero-order valence-electron chi connectivity index (χ0n) is 10.1. The molecule has 0 amide bonds. The minimum absolute atomic E-state index is 0.196. The van der Waals surface area contributed by atoms with E-state index in [0.29, 0.717) is 6.54 Å². The highest BCUT2D eigenvalue weighted by atomic mass is 15.3. The second-order valence-electron chi connectivity index (χ2n) is 4.71. The average Bonchev–Trinajstić information content (AvgIpc) is 2.20. The van der Waals surface area contributed by atoms with Gasteiger partial charge in [-0.2, -0.15) is 5.10 Å². The van der Waals surface area contributed by atoms with Crippen molar-refractivity contribution in [2.24, 2.45) is 16.3 Å². The lowest BCUT2D eigenvalue weighted by atomic mass is 9.73. The maximum Gasteiger partial charge on any atom is 0.0687 e. The fourth-order valence-corrected chi connectivity index (χ4v) is 2.10. The molecule has 15 heavy (non-hydrogen) atoms. The lowest BCUT2D eigenvalue weighted by molar-refractivity contribution is 0.431. The molecule has 1 fully saturated rings. The van der Waals surface area contributed by atoms with Crippen molar-refractivity contribution in [2.75, 3.05) is 13.1 Å². The van der Waals surface area contributed by atoms with Crippen LogP contribution in [0, 0.1) is 5.41 Å². The summed E-state index contributed by atoms with van der Waals surface area (Å²) in [7, 11) is 0. The van der Waals surface area contributed by atoms with Gasteiger partial charge in [0.1, 0.15) is 0 Å². The van der Waals surface area contributed by atoms with Gasteiger partial charge in [-0.15, -0.1) is 0 Å². The number of nitrogens with two attached hydrogens (primary N) is 1. The summed E-state index contributed by atoms with van der Waals surface area (Å²) in [5.41, 5.74) is 11.3. The molecule has 0 heterocycles. The Morgan fingerprint density at radius 3 is 2.87 bits per heavy atom. The van der Waals surface area contributed by atoms with Crippen LogP contribution in [0.4, 0.5) is 0 Å². The number of hydrogen-bond acceptors (Lipinski definition) is 3. The highest BCUT2D eigenvalue weighted by Gasteiger charge is 2.31. The quantitative estimate of drug-likeness (QED) is 0.552. The number of hydrazone groups is 1. The van der Waals surface area contributed by atoms with Gasteiger partial charge < -0.3 is 11.2 Å². The van der Waals surface area contributed by atoms with Crippen LogP contribution in [0.2, 0.25) is 0 Å². The molecular weight excluding hydrogens is 186 g/mol. The molecular formula is C12H23N3. The van der Waals surface area contributed by atoms with E-state index in [-0.39, 0.29) is 5.41 Å². The molecule has 0 aromatic rings. The summed E-state index contributed by atoms with van der Waals surface area (Å²) in [5.74, 6) is 0. The molecule has 1 saturated carbocycles. The third-order valence-electron chi connectivity index (χ3n) is 2.99. The fourth-order valence-electron chi connectivity index (χ4n) is 2.10. The van der Waals surface area contributed by atoms with Gasteiger partial charge in [0.25, 0.3) is 0 Å². The average molecular weight is 209 g/mol. The van der Waals surface area contributed by atoms with E-state index in [1.54, 1.807) is 0 Å². The molecule has 0 unspecified atom stereocenters. The Morgan fingerprint density at radius 1 is 1.53 bits per heavy atom. The first-order valence-corrected chi connectivity index (χ1v) is 5.78. The van der Waals surface area contributed by atoms with Gasteiger partial charge in [0, 0.05) is 18.5 Å². The zero-order chi connectivity index (χ0) is 11.3. The van der Waals surface area contributed by atoms with Crippen LogP contribution in [0.5, 0.6) is 0 Å². The summed E-state index contributed by atoms with van der Waals surface area (Å²) in [5, 5.41) is 4.50. The SMILES string of the molecule is C/C=C1\CCCC(C)(C)\C1=N\NCCN. The van der Waals surface area contributed by atoms with Crippen LogP contribution < -0.4 is 11.2 Å². The second kappa shape index (κ2) is 5.31. The molecule has 1 aliphatic carbocycles. The van der Waals surface area contributed by atoms with Gasteiger partial charge >= 0.3 is 0 Å². The maximum absolute atomic E-state index is 5.43. The van der Waals surface area contributed by atoms with E-state index in [1.807, 2.05) is 0 Å². The lowest BCUT2D eigenvalue weighted by Crippen LogP contribution is -2.32. The van der Waals surface area contributed by atoms with Crippen LogP contribution in [0.1, 0.15) is 40.0 Å².